The lowest BCUT2D eigenvalue weighted by Gasteiger charge is -2.23. The molecule has 1 saturated heterocycles. The highest BCUT2D eigenvalue weighted by Crippen LogP contribution is 2.43. The molecule has 0 amide bonds. The van der Waals surface area contributed by atoms with Crippen LogP contribution in [0.3, 0.4) is 0 Å². The first-order chi connectivity index (χ1) is 22.4. The normalized spacial score (nSPS) is 23.5. The molecular formula is C39H47NO6. The molecule has 7 heteroatoms. The number of pyridine rings is 1. The molecule has 46 heavy (non-hydrogen) atoms. The van der Waals surface area contributed by atoms with Gasteiger partial charge in [-0.25, -0.2) is 4.79 Å². The largest absolute Gasteiger partial charge is 0.463 e. The number of esters is 2. The van der Waals surface area contributed by atoms with Gasteiger partial charge in [0.1, 0.15) is 6.10 Å². The van der Waals surface area contributed by atoms with E-state index in [1.165, 1.54) is 0 Å². The average molecular weight is 626 g/mol. The van der Waals surface area contributed by atoms with Crippen LogP contribution in [-0.2, 0) is 25.4 Å². The molecule has 2 aromatic carbocycles. The predicted molar refractivity (Wildman–Crippen MR) is 178 cm³/mol. The van der Waals surface area contributed by atoms with Crippen LogP contribution >= 0.6 is 0 Å². The Morgan fingerprint density at radius 1 is 1.02 bits per heavy atom. The fourth-order valence-corrected chi connectivity index (χ4v) is 6.75. The summed E-state index contributed by atoms with van der Waals surface area (Å²) < 4.78 is 17.9. The molecular weight excluding hydrogens is 578 g/mol. The van der Waals surface area contributed by atoms with E-state index in [2.05, 4.69) is 11.1 Å². The molecule has 244 valence electrons. The number of benzene rings is 2. The molecule has 1 aliphatic heterocycles. The summed E-state index contributed by atoms with van der Waals surface area (Å²) in [6, 6.07) is 21.5. The summed E-state index contributed by atoms with van der Waals surface area (Å²) in [7, 11) is 0. The van der Waals surface area contributed by atoms with Gasteiger partial charge in [-0.05, 0) is 99.1 Å². The predicted octanol–water partition coefficient (Wildman–Crippen LogP) is 7.38. The van der Waals surface area contributed by atoms with Gasteiger partial charge in [0, 0.05) is 37.8 Å². The Labute approximate surface area is 273 Å². The quantitative estimate of drug-likeness (QED) is 0.156. The zero-order valence-corrected chi connectivity index (χ0v) is 27.0. The van der Waals surface area contributed by atoms with Crippen molar-refractivity contribution in [2.24, 2.45) is 17.8 Å². The van der Waals surface area contributed by atoms with Gasteiger partial charge in [0.2, 0.25) is 0 Å². The third kappa shape index (κ3) is 9.60. The van der Waals surface area contributed by atoms with E-state index in [9.17, 15) is 14.7 Å². The van der Waals surface area contributed by atoms with Crippen molar-refractivity contribution in [2.45, 2.75) is 89.6 Å². The summed E-state index contributed by atoms with van der Waals surface area (Å²) in [6.45, 7) is 4.37. The van der Waals surface area contributed by atoms with E-state index in [-0.39, 0.29) is 42.1 Å². The second kappa shape index (κ2) is 16.7. The number of aliphatic hydroxyl groups is 1. The summed E-state index contributed by atoms with van der Waals surface area (Å²) in [5.74, 6) is -0.00612. The smallest absolute Gasteiger partial charge is 0.338 e. The molecule has 0 spiro atoms. The van der Waals surface area contributed by atoms with Crippen LogP contribution in [0.1, 0.15) is 74.7 Å². The molecule has 0 radical (unpaired) electrons. The lowest BCUT2D eigenvalue weighted by Crippen LogP contribution is -2.25. The number of carbonyl (C=O) groups excluding carboxylic acids is 2. The molecule has 2 fully saturated rings. The third-order valence-corrected chi connectivity index (χ3v) is 9.17. The monoisotopic (exact) mass is 625 g/mol. The maximum atomic E-state index is 13.4. The van der Waals surface area contributed by atoms with E-state index in [1.807, 2.05) is 92.9 Å². The third-order valence-electron chi connectivity index (χ3n) is 9.17. The van der Waals surface area contributed by atoms with Crippen LogP contribution < -0.4 is 0 Å². The van der Waals surface area contributed by atoms with Crippen LogP contribution in [0.15, 0.2) is 91.3 Å². The number of fused-ring (bicyclic) bond motifs is 1. The Hall–Kier alpha value is -3.81. The van der Waals surface area contributed by atoms with Crippen LogP contribution in [0.5, 0.6) is 0 Å². The molecule has 3 aromatic rings. The first kappa shape index (κ1) is 33.6. The molecule has 1 aromatic heterocycles. The van der Waals surface area contributed by atoms with E-state index in [0.717, 1.165) is 48.8 Å². The Morgan fingerprint density at radius 2 is 1.80 bits per heavy atom. The first-order valence-corrected chi connectivity index (χ1v) is 16.8. The van der Waals surface area contributed by atoms with Gasteiger partial charge in [-0.2, -0.15) is 0 Å². The van der Waals surface area contributed by atoms with Crippen LogP contribution in [-0.4, -0.2) is 53.1 Å². The Balaban J connectivity index is 1.23. The van der Waals surface area contributed by atoms with Gasteiger partial charge in [-0.15, -0.1) is 0 Å². The van der Waals surface area contributed by atoms with Crippen LogP contribution in [0.2, 0.25) is 0 Å². The molecule has 7 nitrogen and oxygen atoms in total. The Bertz CT molecular complexity index is 1410. The first-order valence-electron chi connectivity index (χ1n) is 16.8. The van der Waals surface area contributed by atoms with Crippen molar-refractivity contribution in [1.29, 1.82) is 0 Å². The summed E-state index contributed by atoms with van der Waals surface area (Å²) in [5, 5.41) is 10.8. The lowest BCUT2D eigenvalue weighted by atomic mass is 9.86. The van der Waals surface area contributed by atoms with Crippen molar-refractivity contribution >= 4 is 11.9 Å². The fraction of sp³-hybridized carbons (Fsp3) is 0.462. The van der Waals surface area contributed by atoms with E-state index in [0.29, 0.717) is 37.4 Å². The lowest BCUT2D eigenvalue weighted by molar-refractivity contribution is -0.147. The second-order valence-corrected chi connectivity index (χ2v) is 13.0. The van der Waals surface area contributed by atoms with Gasteiger partial charge in [0.25, 0.3) is 0 Å². The van der Waals surface area contributed by atoms with Gasteiger partial charge in [0.15, 0.2) is 0 Å². The molecule has 5 unspecified atom stereocenters. The topological polar surface area (TPSA) is 95.0 Å². The van der Waals surface area contributed by atoms with Gasteiger partial charge >= 0.3 is 11.9 Å². The fourth-order valence-electron chi connectivity index (χ4n) is 6.75. The molecule has 2 aliphatic rings. The maximum Gasteiger partial charge on any atom is 0.338 e. The van der Waals surface area contributed by atoms with Gasteiger partial charge in [-0.3, -0.25) is 9.78 Å². The number of hydrogen-bond acceptors (Lipinski definition) is 7. The number of hydrogen-bond donors (Lipinski definition) is 1. The molecule has 2 heterocycles. The minimum absolute atomic E-state index is 0.0312. The molecule has 0 bridgehead atoms. The number of carbonyl (C=O) groups is 2. The highest BCUT2D eigenvalue weighted by Gasteiger charge is 2.46. The molecule has 1 aliphatic carbocycles. The van der Waals surface area contributed by atoms with Crippen molar-refractivity contribution in [3.05, 3.63) is 102 Å². The number of aliphatic hydroxyl groups excluding tert-OH is 1. The minimum Gasteiger partial charge on any atom is -0.463 e. The second-order valence-electron chi connectivity index (χ2n) is 13.0. The maximum absolute atomic E-state index is 13.4. The van der Waals surface area contributed by atoms with E-state index in [1.54, 1.807) is 6.20 Å². The SMILES string of the molecule is CC(C)OC(=O)CCCC1CCC2C(/C=C/C(O)CCc3cccnc3)C(OC(=O)c3ccc(-c4ccccc4)cc3)C[C@@H]2OC1. The van der Waals surface area contributed by atoms with Crippen LogP contribution in [0.4, 0.5) is 0 Å². The zero-order valence-electron chi connectivity index (χ0n) is 27.0. The number of aryl methyl sites for hydroxylation is 1. The van der Waals surface area contributed by atoms with Gasteiger partial charge in [0.05, 0.1) is 23.9 Å². The van der Waals surface area contributed by atoms with Crippen LogP contribution in [0.25, 0.3) is 11.1 Å². The van der Waals surface area contributed by atoms with Crippen molar-refractivity contribution in [2.75, 3.05) is 6.61 Å². The highest BCUT2D eigenvalue weighted by atomic mass is 16.6. The number of ether oxygens (including phenoxy) is 3. The summed E-state index contributed by atoms with van der Waals surface area (Å²) in [5.41, 5.74) is 3.74. The molecule has 5 rings (SSSR count). The zero-order chi connectivity index (χ0) is 32.3. The van der Waals surface area contributed by atoms with Gasteiger partial charge < -0.3 is 19.3 Å². The Kier molecular flexibility index (Phi) is 12.2. The van der Waals surface area contributed by atoms with Crippen molar-refractivity contribution in [3.63, 3.8) is 0 Å². The van der Waals surface area contributed by atoms with Crippen molar-refractivity contribution in [3.8, 4) is 11.1 Å². The standard InChI is InChI=1S/C39H47NO6/c1-27(2)45-38(42)12-6-8-29-14-21-34-35(22-20-33(41)19-13-28-9-7-23-40-25-28)37(24-36(34)44-26-29)46-39(43)32-17-15-31(16-18-32)30-10-4-3-5-11-30/h3-5,7,9-11,15-18,20,22-23,25,27,29,33-37,41H,6,8,12-14,19,21,24,26H2,1-2H3/b22-20+/t29?,33?,34?,35?,36-,37?/m0/s1. The molecule has 6 atom stereocenters. The number of aromatic nitrogens is 1. The summed E-state index contributed by atoms with van der Waals surface area (Å²) in [6.07, 6.45) is 12.4. The molecule has 1 saturated carbocycles. The minimum atomic E-state index is -0.619. The number of rotatable bonds is 13. The van der Waals surface area contributed by atoms with E-state index >= 15 is 0 Å². The molecule has 1 N–H and O–H groups in total. The average Bonchev–Trinajstić information content (AvgIpc) is 3.26. The highest BCUT2D eigenvalue weighted by molar-refractivity contribution is 5.90. The van der Waals surface area contributed by atoms with Crippen molar-refractivity contribution < 1.29 is 28.9 Å². The van der Waals surface area contributed by atoms with Crippen LogP contribution in [0, 0.1) is 17.8 Å². The van der Waals surface area contributed by atoms with Crippen molar-refractivity contribution in [1.82, 2.24) is 4.98 Å². The number of nitrogens with zero attached hydrogens (tertiary/aromatic N) is 1. The van der Waals surface area contributed by atoms with E-state index in [4.69, 9.17) is 14.2 Å². The van der Waals surface area contributed by atoms with E-state index < -0.39 is 6.10 Å². The van der Waals surface area contributed by atoms with Gasteiger partial charge in [-0.1, -0.05) is 60.7 Å². The summed E-state index contributed by atoms with van der Waals surface area (Å²) in [4.78, 5) is 29.5. The summed E-state index contributed by atoms with van der Waals surface area (Å²) >= 11 is 0. The Morgan fingerprint density at radius 3 is 2.54 bits per heavy atom.